The van der Waals surface area contributed by atoms with Crippen molar-refractivity contribution in [1.82, 2.24) is 4.90 Å². The van der Waals surface area contributed by atoms with Gasteiger partial charge in [0, 0.05) is 48.5 Å². The highest BCUT2D eigenvalue weighted by molar-refractivity contribution is 7.10. The summed E-state index contributed by atoms with van der Waals surface area (Å²) in [6.07, 6.45) is 1.67. The lowest BCUT2D eigenvalue weighted by molar-refractivity contribution is 0.140. The van der Waals surface area contributed by atoms with Crippen LogP contribution in [0.1, 0.15) is 23.3 Å². The van der Waals surface area contributed by atoms with E-state index in [4.69, 9.17) is 9.84 Å². The van der Waals surface area contributed by atoms with Gasteiger partial charge in [0.2, 0.25) is 0 Å². The SMILES string of the molecule is OCCC#Cc1csc(CN2CCCOCC2)c1. The van der Waals surface area contributed by atoms with Crippen LogP contribution in [0.2, 0.25) is 0 Å². The number of ether oxygens (including phenoxy) is 1. The number of aliphatic hydroxyl groups excluding tert-OH is 1. The molecule has 0 atom stereocenters. The molecule has 0 aliphatic carbocycles. The molecule has 1 fully saturated rings. The Balaban J connectivity index is 1.87. The molecule has 4 heteroatoms. The van der Waals surface area contributed by atoms with Gasteiger partial charge >= 0.3 is 0 Å². The van der Waals surface area contributed by atoms with Gasteiger partial charge in [0.05, 0.1) is 13.2 Å². The van der Waals surface area contributed by atoms with Crippen molar-refractivity contribution in [2.45, 2.75) is 19.4 Å². The van der Waals surface area contributed by atoms with E-state index in [0.29, 0.717) is 6.42 Å². The molecule has 98 valence electrons. The van der Waals surface area contributed by atoms with Crippen LogP contribution in [0.25, 0.3) is 0 Å². The third-order valence-electron chi connectivity index (χ3n) is 2.82. The fourth-order valence-electron chi connectivity index (χ4n) is 1.93. The molecule has 0 bridgehead atoms. The van der Waals surface area contributed by atoms with Crippen LogP contribution in [0, 0.1) is 11.8 Å². The lowest BCUT2D eigenvalue weighted by atomic mass is 10.3. The summed E-state index contributed by atoms with van der Waals surface area (Å²) < 4.78 is 5.45. The number of rotatable bonds is 3. The fourth-order valence-corrected chi connectivity index (χ4v) is 2.78. The first-order valence-corrected chi connectivity index (χ1v) is 7.23. The van der Waals surface area contributed by atoms with Crippen molar-refractivity contribution in [2.75, 3.05) is 32.9 Å². The van der Waals surface area contributed by atoms with Crippen molar-refractivity contribution in [3.05, 3.63) is 21.9 Å². The first-order valence-electron chi connectivity index (χ1n) is 6.36. The van der Waals surface area contributed by atoms with Crippen LogP contribution >= 0.6 is 11.3 Å². The summed E-state index contributed by atoms with van der Waals surface area (Å²) in [7, 11) is 0. The van der Waals surface area contributed by atoms with E-state index < -0.39 is 0 Å². The molecule has 1 aliphatic rings. The molecule has 0 amide bonds. The van der Waals surface area contributed by atoms with E-state index in [0.717, 1.165) is 44.8 Å². The standard InChI is InChI=1S/C14H19NO2S/c16-7-2-1-4-13-10-14(18-12-13)11-15-5-3-8-17-9-6-15/h10,12,16H,2-3,5-9,11H2. The summed E-state index contributed by atoms with van der Waals surface area (Å²) >= 11 is 1.76. The second-order valence-electron chi connectivity index (χ2n) is 4.32. The van der Waals surface area contributed by atoms with Crippen molar-refractivity contribution in [3.8, 4) is 11.8 Å². The molecule has 2 heterocycles. The maximum absolute atomic E-state index is 8.67. The highest BCUT2D eigenvalue weighted by Crippen LogP contribution is 2.17. The fraction of sp³-hybridized carbons (Fsp3) is 0.571. The Morgan fingerprint density at radius 2 is 2.33 bits per heavy atom. The van der Waals surface area contributed by atoms with Crippen molar-refractivity contribution in [2.24, 2.45) is 0 Å². The zero-order valence-corrected chi connectivity index (χ0v) is 11.3. The van der Waals surface area contributed by atoms with Crippen LogP contribution in [-0.2, 0) is 11.3 Å². The van der Waals surface area contributed by atoms with Crippen LogP contribution < -0.4 is 0 Å². The average Bonchev–Trinajstić information content (AvgIpc) is 2.65. The van der Waals surface area contributed by atoms with E-state index in [1.807, 2.05) is 0 Å². The van der Waals surface area contributed by atoms with Gasteiger partial charge in [-0.3, -0.25) is 4.90 Å². The normalized spacial score (nSPS) is 16.9. The highest BCUT2D eigenvalue weighted by atomic mass is 32.1. The Morgan fingerprint density at radius 1 is 1.39 bits per heavy atom. The smallest absolute Gasteiger partial charge is 0.0593 e. The van der Waals surface area contributed by atoms with E-state index in [9.17, 15) is 0 Å². The molecule has 1 aromatic rings. The molecule has 18 heavy (non-hydrogen) atoms. The maximum Gasteiger partial charge on any atom is 0.0593 e. The largest absolute Gasteiger partial charge is 0.395 e. The van der Waals surface area contributed by atoms with Gasteiger partial charge in [-0.2, -0.15) is 0 Å². The molecule has 1 saturated heterocycles. The zero-order chi connectivity index (χ0) is 12.6. The first kappa shape index (κ1) is 13.6. The van der Waals surface area contributed by atoms with Gasteiger partial charge in [-0.25, -0.2) is 0 Å². The molecule has 0 saturated carbocycles. The number of hydrogen-bond donors (Lipinski definition) is 1. The van der Waals surface area contributed by atoms with Gasteiger partial charge in [-0.15, -0.1) is 11.3 Å². The minimum Gasteiger partial charge on any atom is -0.395 e. The third kappa shape index (κ3) is 4.43. The summed E-state index contributed by atoms with van der Waals surface area (Å²) in [6.45, 7) is 4.99. The Hall–Kier alpha value is -0.860. The third-order valence-corrected chi connectivity index (χ3v) is 3.74. The van der Waals surface area contributed by atoms with Crippen molar-refractivity contribution < 1.29 is 9.84 Å². The van der Waals surface area contributed by atoms with Crippen LogP contribution in [0.3, 0.4) is 0 Å². The van der Waals surface area contributed by atoms with Gasteiger partial charge in [-0.05, 0) is 12.5 Å². The molecule has 0 aromatic carbocycles. The number of nitrogens with zero attached hydrogens (tertiary/aromatic N) is 1. The second-order valence-corrected chi connectivity index (χ2v) is 5.31. The Bertz CT molecular complexity index is 411. The Morgan fingerprint density at radius 3 is 3.22 bits per heavy atom. The van der Waals surface area contributed by atoms with E-state index in [2.05, 4.69) is 28.2 Å². The summed E-state index contributed by atoms with van der Waals surface area (Å²) in [5.41, 5.74) is 1.06. The molecular weight excluding hydrogens is 246 g/mol. The Labute approximate surface area is 112 Å². The highest BCUT2D eigenvalue weighted by Gasteiger charge is 2.10. The van der Waals surface area contributed by atoms with Crippen LogP contribution in [0.4, 0.5) is 0 Å². The lowest BCUT2D eigenvalue weighted by Gasteiger charge is -2.17. The Kier molecular flexibility index (Phi) is 5.69. The summed E-state index contributed by atoms with van der Waals surface area (Å²) in [4.78, 5) is 3.79. The van der Waals surface area contributed by atoms with Crippen molar-refractivity contribution >= 4 is 11.3 Å². The molecule has 0 unspecified atom stereocenters. The summed E-state index contributed by atoms with van der Waals surface area (Å²) in [6, 6.07) is 2.15. The maximum atomic E-state index is 8.67. The number of hydrogen-bond acceptors (Lipinski definition) is 4. The van der Waals surface area contributed by atoms with Gasteiger partial charge in [0.15, 0.2) is 0 Å². The van der Waals surface area contributed by atoms with Gasteiger partial charge in [-0.1, -0.05) is 11.8 Å². The topological polar surface area (TPSA) is 32.7 Å². The second kappa shape index (κ2) is 7.55. The van der Waals surface area contributed by atoms with Crippen LogP contribution in [0.15, 0.2) is 11.4 Å². The summed E-state index contributed by atoms with van der Waals surface area (Å²) in [5, 5.41) is 10.8. The van der Waals surface area contributed by atoms with E-state index in [1.165, 1.54) is 4.88 Å². The predicted octanol–water partition coefficient (Wildman–Crippen LogP) is 1.70. The lowest BCUT2D eigenvalue weighted by Crippen LogP contribution is -2.25. The van der Waals surface area contributed by atoms with Gasteiger partial charge in [0.1, 0.15) is 0 Å². The molecule has 1 aromatic heterocycles. The average molecular weight is 265 g/mol. The van der Waals surface area contributed by atoms with Gasteiger partial charge in [0.25, 0.3) is 0 Å². The number of aliphatic hydroxyl groups is 1. The molecule has 0 radical (unpaired) electrons. The van der Waals surface area contributed by atoms with Crippen LogP contribution in [0.5, 0.6) is 0 Å². The molecule has 3 nitrogen and oxygen atoms in total. The summed E-state index contributed by atoms with van der Waals surface area (Å²) in [5.74, 6) is 6.02. The zero-order valence-electron chi connectivity index (χ0n) is 10.5. The molecular formula is C14H19NO2S. The molecule has 0 spiro atoms. The van der Waals surface area contributed by atoms with E-state index in [1.54, 1.807) is 11.3 Å². The van der Waals surface area contributed by atoms with E-state index >= 15 is 0 Å². The predicted molar refractivity (Wildman–Crippen MR) is 73.6 cm³/mol. The van der Waals surface area contributed by atoms with Crippen LogP contribution in [-0.4, -0.2) is 42.9 Å². The quantitative estimate of drug-likeness (QED) is 0.845. The number of thiophene rings is 1. The first-order chi connectivity index (χ1) is 8.88. The molecule has 2 rings (SSSR count). The molecule has 1 aliphatic heterocycles. The molecule has 1 N–H and O–H groups in total. The van der Waals surface area contributed by atoms with Crippen molar-refractivity contribution in [3.63, 3.8) is 0 Å². The minimum absolute atomic E-state index is 0.137. The van der Waals surface area contributed by atoms with Gasteiger partial charge < -0.3 is 9.84 Å². The van der Waals surface area contributed by atoms with Crippen molar-refractivity contribution in [1.29, 1.82) is 0 Å². The minimum atomic E-state index is 0.137. The monoisotopic (exact) mass is 265 g/mol. The van der Waals surface area contributed by atoms with E-state index in [-0.39, 0.29) is 6.61 Å².